The molecule has 0 aliphatic heterocycles. The van der Waals surface area contributed by atoms with E-state index in [0.29, 0.717) is 42.9 Å². The van der Waals surface area contributed by atoms with Crippen LogP contribution in [0.4, 0.5) is 5.69 Å². The maximum absolute atomic E-state index is 13.0. The number of amides is 1. The Hall–Kier alpha value is -2.86. The lowest BCUT2D eigenvalue weighted by Crippen LogP contribution is -2.29. The second kappa shape index (κ2) is 14.9. The van der Waals surface area contributed by atoms with Crippen molar-refractivity contribution in [2.45, 2.75) is 4.90 Å². The molecule has 0 radical (unpaired) electrons. The van der Waals surface area contributed by atoms with Crippen LogP contribution in [0.25, 0.3) is 0 Å². The molecule has 2 N–H and O–H groups in total. The van der Waals surface area contributed by atoms with Crippen molar-refractivity contribution in [1.29, 1.82) is 0 Å². The highest BCUT2D eigenvalue weighted by atomic mass is 35.5. The molecule has 0 unspecified atom stereocenters. The topological polar surface area (TPSA) is 112 Å². The first kappa shape index (κ1) is 29.7. The van der Waals surface area contributed by atoms with Gasteiger partial charge in [-0.15, -0.1) is 0 Å². The zero-order chi connectivity index (χ0) is 27.4. The standard InChI is InChI=1S/C26H28Cl2N2O7S/c1-34-14-15-36-17-16-35-13-12-29-26(31)22-18-19(27)6-11-24(22)30-38(32,33)21-9-7-20(8-10-21)37-25-5-3-2-4-23(25)28/h2-11,18,30H,12-17H2,1H3,(H,29,31). The Bertz CT molecular complexity index is 1310. The minimum atomic E-state index is -4.02. The number of rotatable bonds is 15. The van der Waals surface area contributed by atoms with Crippen LogP contribution >= 0.6 is 23.2 Å². The highest BCUT2D eigenvalue weighted by molar-refractivity contribution is 7.92. The van der Waals surface area contributed by atoms with E-state index in [1.807, 2.05) is 0 Å². The first-order valence-corrected chi connectivity index (χ1v) is 13.8. The van der Waals surface area contributed by atoms with Gasteiger partial charge in [0.05, 0.1) is 54.2 Å². The smallest absolute Gasteiger partial charge is 0.261 e. The lowest BCUT2D eigenvalue weighted by atomic mass is 10.1. The molecular formula is C26H28Cl2N2O7S. The lowest BCUT2D eigenvalue weighted by molar-refractivity contribution is 0.0255. The van der Waals surface area contributed by atoms with E-state index in [2.05, 4.69) is 10.0 Å². The molecule has 204 valence electrons. The van der Waals surface area contributed by atoms with Gasteiger partial charge in [-0.2, -0.15) is 0 Å². The molecule has 12 heteroatoms. The molecule has 38 heavy (non-hydrogen) atoms. The molecule has 0 saturated heterocycles. The van der Waals surface area contributed by atoms with Gasteiger partial charge in [-0.3, -0.25) is 9.52 Å². The van der Waals surface area contributed by atoms with Crippen LogP contribution in [-0.4, -0.2) is 61.0 Å². The SMILES string of the molecule is COCCOCCOCCNC(=O)c1cc(Cl)ccc1NS(=O)(=O)c1ccc(Oc2ccccc2Cl)cc1. The number of benzene rings is 3. The van der Waals surface area contributed by atoms with Crippen molar-refractivity contribution in [3.63, 3.8) is 0 Å². The van der Waals surface area contributed by atoms with Gasteiger partial charge < -0.3 is 24.3 Å². The second-order valence-corrected chi connectivity index (χ2v) is 10.3. The van der Waals surface area contributed by atoms with Crippen LogP contribution in [0.1, 0.15) is 10.4 Å². The van der Waals surface area contributed by atoms with E-state index >= 15 is 0 Å². The highest BCUT2D eigenvalue weighted by Gasteiger charge is 2.19. The summed E-state index contributed by atoms with van der Waals surface area (Å²) in [5.41, 5.74) is 0.151. The Morgan fingerprint density at radius 2 is 1.55 bits per heavy atom. The van der Waals surface area contributed by atoms with Crippen LogP contribution in [0.5, 0.6) is 11.5 Å². The van der Waals surface area contributed by atoms with Crippen molar-refractivity contribution in [3.05, 3.63) is 82.3 Å². The molecule has 0 aliphatic carbocycles. The predicted molar refractivity (Wildman–Crippen MR) is 146 cm³/mol. The third kappa shape index (κ3) is 9.16. The molecule has 3 aromatic carbocycles. The van der Waals surface area contributed by atoms with Crippen LogP contribution in [0.3, 0.4) is 0 Å². The van der Waals surface area contributed by atoms with E-state index in [-0.39, 0.29) is 34.3 Å². The summed E-state index contributed by atoms with van der Waals surface area (Å²) in [4.78, 5) is 12.7. The lowest BCUT2D eigenvalue weighted by Gasteiger charge is -2.14. The number of para-hydroxylation sites is 1. The van der Waals surface area contributed by atoms with Crippen LogP contribution in [0.15, 0.2) is 71.6 Å². The summed E-state index contributed by atoms with van der Waals surface area (Å²) in [6.07, 6.45) is 0. The fourth-order valence-corrected chi connectivity index (χ4v) is 4.56. The van der Waals surface area contributed by atoms with Gasteiger partial charge >= 0.3 is 0 Å². The van der Waals surface area contributed by atoms with Crippen molar-refractivity contribution in [1.82, 2.24) is 5.32 Å². The fraction of sp³-hybridized carbons (Fsp3) is 0.269. The molecule has 9 nitrogen and oxygen atoms in total. The molecule has 0 spiro atoms. The Balaban J connectivity index is 1.59. The summed E-state index contributed by atoms with van der Waals surface area (Å²) in [6, 6.07) is 17.0. The minimum Gasteiger partial charge on any atom is -0.456 e. The monoisotopic (exact) mass is 582 g/mol. The Kier molecular flexibility index (Phi) is 11.7. The molecule has 3 rings (SSSR count). The number of nitrogens with one attached hydrogen (secondary N) is 2. The fourth-order valence-electron chi connectivity index (χ4n) is 3.13. The van der Waals surface area contributed by atoms with Crippen molar-refractivity contribution >= 4 is 44.8 Å². The van der Waals surface area contributed by atoms with Gasteiger partial charge in [0.25, 0.3) is 15.9 Å². The van der Waals surface area contributed by atoms with Gasteiger partial charge in [0.2, 0.25) is 0 Å². The van der Waals surface area contributed by atoms with Crippen LogP contribution in [0.2, 0.25) is 10.0 Å². The maximum Gasteiger partial charge on any atom is 0.261 e. The zero-order valence-electron chi connectivity index (χ0n) is 20.6. The van der Waals surface area contributed by atoms with E-state index in [9.17, 15) is 13.2 Å². The Morgan fingerprint density at radius 1 is 0.868 bits per heavy atom. The van der Waals surface area contributed by atoms with Crippen LogP contribution < -0.4 is 14.8 Å². The number of hydrogen-bond donors (Lipinski definition) is 2. The third-order valence-corrected chi connectivity index (χ3v) is 6.93. The van der Waals surface area contributed by atoms with Gasteiger partial charge in [0.15, 0.2) is 0 Å². The molecule has 3 aromatic rings. The summed E-state index contributed by atoms with van der Waals surface area (Å²) in [7, 11) is -2.43. The number of anilines is 1. The van der Waals surface area contributed by atoms with Crippen molar-refractivity contribution in [2.75, 3.05) is 51.4 Å². The first-order valence-electron chi connectivity index (χ1n) is 11.6. The van der Waals surface area contributed by atoms with E-state index in [4.69, 9.17) is 42.1 Å². The summed E-state index contributed by atoms with van der Waals surface area (Å²) >= 11 is 12.2. The number of carbonyl (C=O) groups is 1. The van der Waals surface area contributed by atoms with Crippen molar-refractivity contribution in [3.8, 4) is 11.5 Å². The third-order valence-electron chi connectivity index (χ3n) is 5.00. The number of methoxy groups -OCH3 is 1. The molecule has 0 bridgehead atoms. The molecule has 0 heterocycles. The van der Waals surface area contributed by atoms with E-state index in [0.717, 1.165) is 0 Å². The van der Waals surface area contributed by atoms with Gasteiger partial charge in [-0.1, -0.05) is 35.3 Å². The number of sulfonamides is 1. The molecule has 0 atom stereocenters. The highest BCUT2D eigenvalue weighted by Crippen LogP contribution is 2.30. The number of carbonyl (C=O) groups excluding carboxylic acids is 1. The quantitative estimate of drug-likeness (QED) is 0.242. The maximum atomic E-state index is 13.0. The summed E-state index contributed by atoms with van der Waals surface area (Å²) in [6.45, 7) is 2.22. The number of ether oxygens (including phenoxy) is 4. The molecule has 0 saturated carbocycles. The second-order valence-electron chi connectivity index (χ2n) is 7.77. The van der Waals surface area contributed by atoms with Gasteiger partial charge in [0, 0.05) is 18.7 Å². The number of halogens is 2. The Morgan fingerprint density at radius 3 is 2.26 bits per heavy atom. The predicted octanol–water partition coefficient (Wildman–Crippen LogP) is 5.00. The molecule has 0 fully saturated rings. The molecule has 0 aliphatic rings. The van der Waals surface area contributed by atoms with Crippen LogP contribution in [-0.2, 0) is 24.2 Å². The molecule has 0 aromatic heterocycles. The molecular weight excluding hydrogens is 555 g/mol. The summed E-state index contributed by atoms with van der Waals surface area (Å²) < 4.78 is 49.8. The first-order chi connectivity index (χ1) is 18.3. The van der Waals surface area contributed by atoms with E-state index in [1.54, 1.807) is 31.4 Å². The van der Waals surface area contributed by atoms with Crippen molar-refractivity contribution in [2.24, 2.45) is 0 Å². The Labute approximate surface area is 232 Å². The minimum absolute atomic E-state index is 0.0218. The van der Waals surface area contributed by atoms with E-state index < -0.39 is 15.9 Å². The van der Waals surface area contributed by atoms with Crippen LogP contribution in [0, 0.1) is 0 Å². The normalized spacial score (nSPS) is 11.2. The van der Waals surface area contributed by atoms with Gasteiger partial charge in [0.1, 0.15) is 11.5 Å². The largest absolute Gasteiger partial charge is 0.456 e. The number of hydrogen-bond acceptors (Lipinski definition) is 7. The van der Waals surface area contributed by atoms with Crippen molar-refractivity contribution < 1.29 is 32.2 Å². The van der Waals surface area contributed by atoms with E-state index in [1.165, 1.54) is 42.5 Å². The van der Waals surface area contributed by atoms with Gasteiger partial charge in [-0.25, -0.2) is 8.42 Å². The molecule has 1 amide bonds. The van der Waals surface area contributed by atoms with Gasteiger partial charge in [-0.05, 0) is 54.6 Å². The summed E-state index contributed by atoms with van der Waals surface area (Å²) in [5, 5.41) is 3.40. The zero-order valence-corrected chi connectivity index (χ0v) is 22.9. The average molecular weight is 583 g/mol. The average Bonchev–Trinajstić information content (AvgIpc) is 2.90. The summed E-state index contributed by atoms with van der Waals surface area (Å²) in [5.74, 6) is 0.349.